The normalized spacial score (nSPS) is 10.2. The minimum absolute atomic E-state index is 0. The van der Waals surface area contributed by atoms with Gasteiger partial charge in [-0.25, -0.2) is 9.59 Å². The number of carboxylic acids is 2. The van der Waals surface area contributed by atoms with Gasteiger partial charge < -0.3 is 15.5 Å². The predicted octanol–water partition coefficient (Wildman–Crippen LogP) is 4.87. The average Bonchev–Trinajstić information content (AvgIpc) is 2.57. The predicted molar refractivity (Wildman–Crippen MR) is 105 cm³/mol. The van der Waals surface area contributed by atoms with E-state index in [4.69, 9.17) is 0 Å². The Bertz CT molecular complexity index is 1020. The van der Waals surface area contributed by atoms with Gasteiger partial charge in [0.05, 0.1) is 16.8 Å². The van der Waals surface area contributed by atoms with Gasteiger partial charge in [-0.3, -0.25) is 4.98 Å². The number of rotatable bonds is 4. The molecule has 0 unspecified atom stereocenters. The van der Waals surface area contributed by atoms with Gasteiger partial charge in [0.15, 0.2) is 0 Å². The lowest BCUT2D eigenvalue weighted by Crippen LogP contribution is -2.06. The van der Waals surface area contributed by atoms with E-state index in [1.165, 1.54) is 18.3 Å². The lowest BCUT2D eigenvalue weighted by atomic mass is 10.1. The highest BCUT2D eigenvalue weighted by molar-refractivity contribution is 9.10. The first-order valence-corrected chi connectivity index (χ1v) is 8.08. The fourth-order valence-electron chi connectivity index (χ4n) is 2.44. The molecular weight excluding hydrogens is 424 g/mol. The average molecular weight is 438 g/mol. The van der Waals surface area contributed by atoms with Crippen LogP contribution in [-0.4, -0.2) is 27.1 Å². The van der Waals surface area contributed by atoms with E-state index in [2.05, 4.69) is 26.2 Å². The standard InChI is InChI=1S/C18H13BrN2O4.ClH/c1-9-2-4-11(7-14(9)19)21-16-12-6-10(17(22)23)3-5-15(12)20-8-13(16)18(24)25;/h2-8H,1H3,(H,20,21)(H,22,23)(H,24,25);1H. The van der Waals surface area contributed by atoms with Crippen LogP contribution in [0, 0.1) is 6.92 Å². The number of nitrogens with one attached hydrogen (secondary N) is 1. The molecule has 134 valence electrons. The molecule has 0 fully saturated rings. The summed E-state index contributed by atoms with van der Waals surface area (Å²) in [5, 5.41) is 22.2. The number of carboxylic acid groups (broad SMARTS) is 2. The molecule has 26 heavy (non-hydrogen) atoms. The molecule has 0 saturated carbocycles. The van der Waals surface area contributed by atoms with Crippen LogP contribution in [0.15, 0.2) is 47.1 Å². The largest absolute Gasteiger partial charge is 0.478 e. The van der Waals surface area contributed by atoms with E-state index in [0.29, 0.717) is 22.3 Å². The number of fused-ring (bicyclic) bond motifs is 1. The van der Waals surface area contributed by atoms with Gasteiger partial charge >= 0.3 is 11.9 Å². The fourth-order valence-corrected chi connectivity index (χ4v) is 2.82. The molecule has 0 spiro atoms. The lowest BCUT2D eigenvalue weighted by molar-refractivity contribution is 0.0687. The summed E-state index contributed by atoms with van der Waals surface area (Å²) >= 11 is 3.44. The molecule has 6 nitrogen and oxygen atoms in total. The highest BCUT2D eigenvalue weighted by Gasteiger charge is 2.17. The van der Waals surface area contributed by atoms with E-state index in [0.717, 1.165) is 10.0 Å². The van der Waals surface area contributed by atoms with Crippen LogP contribution in [0.1, 0.15) is 26.3 Å². The smallest absolute Gasteiger partial charge is 0.339 e. The van der Waals surface area contributed by atoms with Crippen LogP contribution in [0.5, 0.6) is 0 Å². The first-order chi connectivity index (χ1) is 11.9. The van der Waals surface area contributed by atoms with Gasteiger partial charge in [-0.05, 0) is 42.8 Å². The van der Waals surface area contributed by atoms with Crippen molar-refractivity contribution in [3.63, 3.8) is 0 Å². The Labute approximate surface area is 163 Å². The molecule has 1 heterocycles. The molecule has 3 N–H and O–H groups in total. The minimum atomic E-state index is -1.15. The number of pyridine rings is 1. The number of aryl methyl sites for hydroxylation is 1. The second-order valence-corrected chi connectivity index (χ2v) is 6.33. The number of carbonyl (C=O) groups is 2. The van der Waals surface area contributed by atoms with E-state index < -0.39 is 11.9 Å². The summed E-state index contributed by atoms with van der Waals surface area (Å²) in [4.78, 5) is 27.0. The molecule has 0 amide bonds. The summed E-state index contributed by atoms with van der Waals surface area (Å²) in [7, 11) is 0. The van der Waals surface area contributed by atoms with Crippen molar-refractivity contribution in [2.45, 2.75) is 6.92 Å². The maximum absolute atomic E-state index is 11.6. The van der Waals surface area contributed by atoms with E-state index in [9.17, 15) is 19.8 Å². The molecule has 3 rings (SSSR count). The third kappa shape index (κ3) is 3.79. The van der Waals surface area contributed by atoms with Gasteiger partial charge in [0.1, 0.15) is 5.56 Å². The van der Waals surface area contributed by atoms with Crippen LogP contribution in [0.25, 0.3) is 10.9 Å². The number of benzene rings is 2. The molecule has 0 aliphatic rings. The molecule has 0 bridgehead atoms. The molecule has 1 aromatic heterocycles. The van der Waals surface area contributed by atoms with Gasteiger partial charge in [0, 0.05) is 21.7 Å². The molecular formula is C18H14BrClN2O4. The van der Waals surface area contributed by atoms with Crippen LogP contribution in [0.4, 0.5) is 11.4 Å². The van der Waals surface area contributed by atoms with Crippen LogP contribution in [0.3, 0.4) is 0 Å². The summed E-state index contributed by atoms with van der Waals surface area (Å²) in [5.41, 5.74) is 2.54. The summed E-state index contributed by atoms with van der Waals surface area (Å²) in [5.74, 6) is -2.24. The number of aromatic carboxylic acids is 2. The number of anilines is 2. The summed E-state index contributed by atoms with van der Waals surface area (Å²) in [6.45, 7) is 1.94. The van der Waals surface area contributed by atoms with Crippen LogP contribution in [0.2, 0.25) is 0 Å². The van der Waals surface area contributed by atoms with Crippen LogP contribution >= 0.6 is 28.3 Å². The SMILES string of the molecule is Cc1ccc(Nc2c(C(=O)O)cnc3ccc(C(=O)O)cc23)cc1Br.Cl. The van der Waals surface area contributed by atoms with Crippen molar-refractivity contribution < 1.29 is 19.8 Å². The number of hydrogen-bond donors (Lipinski definition) is 3. The van der Waals surface area contributed by atoms with Gasteiger partial charge in [0.25, 0.3) is 0 Å². The quantitative estimate of drug-likeness (QED) is 0.538. The summed E-state index contributed by atoms with van der Waals surface area (Å²) in [6.07, 6.45) is 1.26. The second-order valence-electron chi connectivity index (χ2n) is 5.48. The highest BCUT2D eigenvalue weighted by Crippen LogP contribution is 2.31. The van der Waals surface area contributed by atoms with Crippen molar-refractivity contribution in [2.75, 3.05) is 5.32 Å². The van der Waals surface area contributed by atoms with Crippen molar-refractivity contribution in [1.29, 1.82) is 0 Å². The number of nitrogens with zero attached hydrogens (tertiary/aromatic N) is 1. The Hall–Kier alpha value is -2.64. The molecule has 0 aliphatic heterocycles. The molecule has 2 aromatic carbocycles. The first kappa shape index (κ1) is 19.7. The van der Waals surface area contributed by atoms with E-state index >= 15 is 0 Å². The number of aromatic nitrogens is 1. The van der Waals surface area contributed by atoms with Gasteiger partial charge in [-0.2, -0.15) is 0 Å². The Morgan fingerprint density at radius 3 is 2.42 bits per heavy atom. The highest BCUT2D eigenvalue weighted by atomic mass is 79.9. The zero-order valence-electron chi connectivity index (χ0n) is 13.5. The van der Waals surface area contributed by atoms with Gasteiger partial charge in [-0.15, -0.1) is 12.4 Å². The summed E-state index contributed by atoms with van der Waals surface area (Å²) < 4.78 is 0.874. The van der Waals surface area contributed by atoms with E-state index in [1.54, 1.807) is 6.07 Å². The molecule has 0 radical (unpaired) electrons. The van der Waals surface area contributed by atoms with E-state index in [1.807, 2.05) is 25.1 Å². The van der Waals surface area contributed by atoms with Crippen LogP contribution < -0.4 is 5.32 Å². The Morgan fingerprint density at radius 1 is 1.08 bits per heavy atom. The van der Waals surface area contributed by atoms with E-state index in [-0.39, 0.29) is 23.5 Å². The van der Waals surface area contributed by atoms with Crippen LogP contribution in [-0.2, 0) is 0 Å². The van der Waals surface area contributed by atoms with Gasteiger partial charge in [0.2, 0.25) is 0 Å². The van der Waals surface area contributed by atoms with Crippen molar-refractivity contribution >= 4 is 62.6 Å². The van der Waals surface area contributed by atoms with Crippen molar-refractivity contribution in [3.8, 4) is 0 Å². The van der Waals surface area contributed by atoms with Crippen molar-refractivity contribution in [3.05, 3.63) is 63.8 Å². The monoisotopic (exact) mass is 436 g/mol. The minimum Gasteiger partial charge on any atom is -0.478 e. The topological polar surface area (TPSA) is 99.5 Å². The summed E-state index contributed by atoms with van der Waals surface area (Å²) in [6, 6.07) is 9.94. The molecule has 8 heteroatoms. The maximum atomic E-state index is 11.6. The third-order valence-electron chi connectivity index (χ3n) is 3.79. The zero-order valence-corrected chi connectivity index (χ0v) is 15.9. The lowest BCUT2D eigenvalue weighted by Gasteiger charge is -2.14. The van der Waals surface area contributed by atoms with Gasteiger partial charge in [-0.1, -0.05) is 22.0 Å². The van der Waals surface area contributed by atoms with Crippen molar-refractivity contribution in [1.82, 2.24) is 4.98 Å². The molecule has 0 atom stereocenters. The molecule has 0 aliphatic carbocycles. The van der Waals surface area contributed by atoms with Crippen molar-refractivity contribution in [2.24, 2.45) is 0 Å². The fraction of sp³-hybridized carbons (Fsp3) is 0.0556. The second kappa shape index (κ2) is 7.72. The third-order valence-corrected chi connectivity index (χ3v) is 4.64. The Kier molecular flexibility index (Phi) is 5.84. The number of hydrogen-bond acceptors (Lipinski definition) is 4. The maximum Gasteiger partial charge on any atom is 0.339 e. The Balaban J connectivity index is 0.00000243. The first-order valence-electron chi connectivity index (χ1n) is 7.29. The molecule has 0 saturated heterocycles. The zero-order chi connectivity index (χ0) is 18.1. The number of halogens is 2. The Morgan fingerprint density at radius 2 is 1.81 bits per heavy atom. The molecule has 3 aromatic rings.